The summed E-state index contributed by atoms with van der Waals surface area (Å²) < 4.78 is 12.7. The van der Waals surface area contributed by atoms with E-state index in [1.807, 2.05) is 31.2 Å². The minimum atomic E-state index is 0. The van der Waals surface area contributed by atoms with Crippen LogP contribution in [0.1, 0.15) is 38.8 Å². The molecule has 0 unspecified atom stereocenters. The Morgan fingerprint density at radius 3 is 2.28 bits per heavy atom. The molecule has 0 bridgehead atoms. The third kappa shape index (κ3) is 7.27. The third-order valence-corrected chi connectivity index (χ3v) is 4.01. The molecule has 25 heavy (non-hydrogen) atoms. The smallest absolute Gasteiger partial charge is 0.175 e. The quantitative estimate of drug-likeness (QED) is 0.610. The van der Waals surface area contributed by atoms with Gasteiger partial charge in [0.2, 0.25) is 0 Å². The predicted octanol–water partition coefficient (Wildman–Crippen LogP) is 5.74. The molecule has 3 nitrogen and oxygen atoms in total. The molecule has 0 spiro atoms. The largest absolute Gasteiger partial charge is 0.490 e. The second-order valence-electron chi connectivity index (χ2n) is 6.72. The summed E-state index contributed by atoms with van der Waals surface area (Å²) >= 11 is 3.63. The molecule has 0 heterocycles. The fraction of sp³-hybridized carbons (Fsp3) is 0.400. The van der Waals surface area contributed by atoms with E-state index in [1.54, 1.807) is 0 Å². The number of halogens is 2. The predicted molar refractivity (Wildman–Crippen MR) is 110 cm³/mol. The maximum Gasteiger partial charge on any atom is 0.175 e. The monoisotopic (exact) mass is 427 g/mol. The van der Waals surface area contributed by atoms with Gasteiger partial charge in [0, 0.05) is 12.1 Å². The summed E-state index contributed by atoms with van der Waals surface area (Å²) in [7, 11) is 0. The average molecular weight is 429 g/mol. The van der Waals surface area contributed by atoms with Crippen LogP contribution in [0.5, 0.6) is 11.5 Å². The van der Waals surface area contributed by atoms with E-state index in [0.29, 0.717) is 13.2 Å². The van der Waals surface area contributed by atoms with Gasteiger partial charge in [-0.1, -0.05) is 30.3 Å². The van der Waals surface area contributed by atoms with Gasteiger partial charge in [-0.15, -0.1) is 12.4 Å². The van der Waals surface area contributed by atoms with Gasteiger partial charge in [0.15, 0.2) is 11.5 Å². The highest BCUT2D eigenvalue weighted by atomic mass is 79.9. The fourth-order valence-electron chi connectivity index (χ4n) is 2.22. The third-order valence-electron chi connectivity index (χ3n) is 3.42. The summed E-state index contributed by atoms with van der Waals surface area (Å²) in [6.07, 6.45) is 0. The van der Waals surface area contributed by atoms with E-state index in [2.05, 4.69) is 60.2 Å². The van der Waals surface area contributed by atoms with Crippen molar-refractivity contribution in [2.45, 2.75) is 46.4 Å². The Morgan fingerprint density at radius 2 is 1.68 bits per heavy atom. The van der Waals surface area contributed by atoms with Crippen LogP contribution >= 0.6 is 28.3 Å². The molecule has 2 rings (SSSR count). The molecule has 2 aromatic rings. The average Bonchev–Trinajstić information content (AvgIpc) is 2.53. The van der Waals surface area contributed by atoms with Gasteiger partial charge in [0.05, 0.1) is 11.1 Å². The molecule has 138 valence electrons. The molecule has 2 aromatic carbocycles. The number of nitrogens with one attached hydrogen (secondary N) is 1. The lowest BCUT2D eigenvalue weighted by atomic mass is 10.1. The Balaban J connectivity index is 0.00000312. The van der Waals surface area contributed by atoms with Crippen LogP contribution in [0.15, 0.2) is 46.9 Å². The molecular formula is C20H27BrClNO2. The van der Waals surface area contributed by atoms with E-state index < -0.39 is 0 Å². The van der Waals surface area contributed by atoms with Crippen molar-refractivity contribution < 1.29 is 9.47 Å². The Morgan fingerprint density at radius 1 is 1.00 bits per heavy atom. The van der Waals surface area contributed by atoms with Crippen LogP contribution in [-0.2, 0) is 13.2 Å². The van der Waals surface area contributed by atoms with E-state index in [0.717, 1.165) is 33.6 Å². The van der Waals surface area contributed by atoms with Crippen LogP contribution in [0, 0.1) is 0 Å². The number of benzene rings is 2. The SMILES string of the molecule is CCOc1cc(CNC(C)(C)C)cc(Br)c1OCc1ccccc1.Cl. The lowest BCUT2D eigenvalue weighted by Crippen LogP contribution is -2.35. The maximum atomic E-state index is 6.01. The van der Waals surface area contributed by atoms with Gasteiger partial charge < -0.3 is 14.8 Å². The topological polar surface area (TPSA) is 30.5 Å². The van der Waals surface area contributed by atoms with Crippen molar-refractivity contribution in [3.05, 3.63) is 58.1 Å². The summed E-state index contributed by atoms with van der Waals surface area (Å²) in [5.41, 5.74) is 2.36. The first kappa shape index (κ1) is 21.8. The number of hydrogen-bond donors (Lipinski definition) is 1. The van der Waals surface area contributed by atoms with Crippen LogP contribution in [0.25, 0.3) is 0 Å². The highest BCUT2D eigenvalue weighted by Crippen LogP contribution is 2.37. The summed E-state index contributed by atoms with van der Waals surface area (Å²) in [5, 5.41) is 3.49. The van der Waals surface area contributed by atoms with Gasteiger partial charge in [0.1, 0.15) is 6.61 Å². The van der Waals surface area contributed by atoms with Crippen LogP contribution in [0.3, 0.4) is 0 Å². The summed E-state index contributed by atoms with van der Waals surface area (Å²) in [5.74, 6) is 1.52. The molecule has 5 heteroatoms. The molecule has 0 aliphatic rings. The van der Waals surface area contributed by atoms with Crippen LogP contribution in [0.2, 0.25) is 0 Å². The summed E-state index contributed by atoms with van der Waals surface area (Å²) in [6, 6.07) is 14.3. The highest BCUT2D eigenvalue weighted by molar-refractivity contribution is 9.10. The van der Waals surface area contributed by atoms with Crippen molar-refractivity contribution in [3.63, 3.8) is 0 Å². The molecule has 0 aliphatic carbocycles. The molecule has 0 saturated heterocycles. The van der Waals surface area contributed by atoms with Crippen molar-refractivity contribution in [2.75, 3.05) is 6.61 Å². The second kappa shape index (κ2) is 10.0. The number of ether oxygens (including phenoxy) is 2. The second-order valence-corrected chi connectivity index (χ2v) is 7.57. The summed E-state index contributed by atoms with van der Waals surface area (Å²) in [4.78, 5) is 0. The summed E-state index contributed by atoms with van der Waals surface area (Å²) in [6.45, 7) is 10.3. The zero-order chi connectivity index (χ0) is 17.6. The lowest BCUT2D eigenvalue weighted by Gasteiger charge is -2.21. The van der Waals surface area contributed by atoms with Crippen LogP contribution < -0.4 is 14.8 Å². The van der Waals surface area contributed by atoms with E-state index in [1.165, 1.54) is 0 Å². The molecule has 0 saturated carbocycles. The molecule has 0 radical (unpaired) electrons. The van der Waals surface area contributed by atoms with Gasteiger partial charge in [-0.25, -0.2) is 0 Å². The molecule has 0 amide bonds. The molecule has 0 fully saturated rings. The van der Waals surface area contributed by atoms with Crippen molar-refractivity contribution in [2.24, 2.45) is 0 Å². The lowest BCUT2D eigenvalue weighted by molar-refractivity contribution is 0.267. The van der Waals surface area contributed by atoms with E-state index in [-0.39, 0.29) is 17.9 Å². The van der Waals surface area contributed by atoms with Crippen molar-refractivity contribution in [1.82, 2.24) is 5.32 Å². The van der Waals surface area contributed by atoms with E-state index in [4.69, 9.17) is 9.47 Å². The Kier molecular flexibility index (Phi) is 8.77. The van der Waals surface area contributed by atoms with Gasteiger partial charge in [-0.2, -0.15) is 0 Å². The van der Waals surface area contributed by atoms with Crippen molar-refractivity contribution in [1.29, 1.82) is 0 Å². The molecule has 0 atom stereocenters. The number of rotatable bonds is 7. The van der Waals surface area contributed by atoms with Crippen molar-refractivity contribution in [3.8, 4) is 11.5 Å². The molecule has 0 aliphatic heterocycles. The zero-order valence-electron chi connectivity index (χ0n) is 15.3. The van der Waals surface area contributed by atoms with Gasteiger partial charge in [-0.05, 0) is 66.9 Å². The fourth-order valence-corrected chi connectivity index (χ4v) is 2.83. The Labute approximate surface area is 165 Å². The molecule has 0 aromatic heterocycles. The maximum absolute atomic E-state index is 6.01. The van der Waals surface area contributed by atoms with Crippen LogP contribution in [-0.4, -0.2) is 12.1 Å². The zero-order valence-corrected chi connectivity index (χ0v) is 17.7. The Hall–Kier alpha value is -1.23. The minimum Gasteiger partial charge on any atom is -0.490 e. The normalized spacial score (nSPS) is 10.9. The first-order valence-electron chi connectivity index (χ1n) is 8.26. The van der Waals surface area contributed by atoms with E-state index in [9.17, 15) is 0 Å². The standard InChI is InChI=1S/C20H26BrNO2.ClH/c1-5-23-18-12-16(13-22-20(2,3)4)11-17(21)19(18)24-14-15-9-7-6-8-10-15;/h6-12,22H,5,13-14H2,1-4H3;1H. The first-order valence-corrected chi connectivity index (χ1v) is 9.05. The van der Waals surface area contributed by atoms with Crippen LogP contribution in [0.4, 0.5) is 0 Å². The first-order chi connectivity index (χ1) is 11.4. The molecule has 1 N–H and O–H groups in total. The minimum absolute atomic E-state index is 0. The highest BCUT2D eigenvalue weighted by Gasteiger charge is 2.14. The molecular weight excluding hydrogens is 402 g/mol. The van der Waals surface area contributed by atoms with Gasteiger partial charge in [-0.3, -0.25) is 0 Å². The van der Waals surface area contributed by atoms with Gasteiger partial charge >= 0.3 is 0 Å². The van der Waals surface area contributed by atoms with E-state index >= 15 is 0 Å². The van der Waals surface area contributed by atoms with Gasteiger partial charge in [0.25, 0.3) is 0 Å². The Bertz CT molecular complexity index is 657. The van der Waals surface area contributed by atoms with Crippen molar-refractivity contribution >= 4 is 28.3 Å². The number of hydrogen-bond acceptors (Lipinski definition) is 3.